The average molecular weight is 300 g/mol. The Bertz CT molecular complexity index is 641. The van der Waals surface area contributed by atoms with Crippen molar-refractivity contribution in [1.82, 2.24) is 0 Å². The molecule has 0 radical (unpaired) electrons. The molecule has 0 bridgehead atoms. The maximum absolute atomic E-state index is 6.04. The van der Waals surface area contributed by atoms with E-state index in [0.29, 0.717) is 13.2 Å². The minimum absolute atomic E-state index is 0.251. The number of rotatable bonds is 6. The van der Waals surface area contributed by atoms with E-state index < -0.39 is 0 Å². The molecule has 4 nitrogen and oxygen atoms in total. The smallest absolute Gasteiger partial charge is 0.130 e. The molecule has 2 saturated heterocycles. The largest absolute Gasteiger partial charge is 0.490 e. The molecule has 0 spiro atoms. The molecule has 4 heteroatoms. The Balaban J connectivity index is 1.74. The second kappa shape index (κ2) is 5.45. The molecule has 2 aromatic rings. The second-order valence-corrected chi connectivity index (χ2v) is 5.99. The first-order chi connectivity index (χ1) is 10.7. The Kier molecular flexibility index (Phi) is 3.43. The summed E-state index contributed by atoms with van der Waals surface area (Å²) in [5.74, 6) is 1.89. The van der Waals surface area contributed by atoms with Crippen molar-refractivity contribution >= 4 is 10.8 Å². The molecular weight excluding hydrogens is 280 g/mol. The van der Waals surface area contributed by atoms with Crippen molar-refractivity contribution in [3.63, 3.8) is 0 Å². The second-order valence-electron chi connectivity index (χ2n) is 5.99. The molecule has 2 aliphatic heterocycles. The molecular formula is C18H20O4. The molecule has 22 heavy (non-hydrogen) atoms. The van der Waals surface area contributed by atoms with Crippen LogP contribution in [0.5, 0.6) is 11.5 Å². The van der Waals surface area contributed by atoms with Gasteiger partial charge in [0, 0.05) is 10.8 Å². The van der Waals surface area contributed by atoms with Crippen LogP contribution in [0.1, 0.15) is 11.1 Å². The number of hydrogen-bond acceptors (Lipinski definition) is 4. The van der Waals surface area contributed by atoms with E-state index in [-0.39, 0.29) is 12.2 Å². The molecule has 0 amide bonds. The fraction of sp³-hybridized carbons (Fsp3) is 0.444. The van der Waals surface area contributed by atoms with Crippen LogP contribution in [-0.4, -0.2) is 38.6 Å². The van der Waals surface area contributed by atoms with Crippen LogP contribution in [0.2, 0.25) is 0 Å². The summed E-state index contributed by atoms with van der Waals surface area (Å²) in [6.45, 7) is 7.01. The standard InChI is InChI=1S/C18H20O4/c1-11-12(2)18(22-10-14-8-20-14)16-6-4-3-5-15(16)17(11)21-9-13-7-19-13/h3-6,13-14H,7-10H2,1-2H3. The van der Waals surface area contributed by atoms with E-state index in [1.807, 2.05) is 12.1 Å². The Hall–Kier alpha value is -1.78. The van der Waals surface area contributed by atoms with Gasteiger partial charge in [-0.3, -0.25) is 0 Å². The van der Waals surface area contributed by atoms with Crippen LogP contribution in [0, 0.1) is 13.8 Å². The van der Waals surface area contributed by atoms with Gasteiger partial charge in [-0.25, -0.2) is 0 Å². The van der Waals surface area contributed by atoms with E-state index in [4.69, 9.17) is 18.9 Å². The van der Waals surface area contributed by atoms with Gasteiger partial charge in [-0.05, 0) is 25.0 Å². The van der Waals surface area contributed by atoms with Crippen LogP contribution in [0.4, 0.5) is 0 Å². The molecule has 2 unspecified atom stereocenters. The van der Waals surface area contributed by atoms with Gasteiger partial charge in [0.2, 0.25) is 0 Å². The lowest BCUT2D eigenvalue weighted by Crippen LogP contribution is -2.09. The summed E-state index contributed by atoms with van der Waals surface area (Å²) in [6.07, 6.45) is 0.503. The van der Waals surface area contributed by atoms with E-state index in [0.717, 1.165) is 46.6 Å². The minimum Gasteiger partial charge on any atom is -0.490 e. The zero-order chi connectivity index (χ0) is 15.1. The normalized spacial score (nSPS) is 22.6. The number of hydrogen-bond donors (Lipinski definition) is 0. The molecule has 0 saturated carbocycles. The summed E-state index contributed by atoms with van der Waals surface area (Å²) in [5, 5.41) is 2.19. The maximum Gasteiger partial charge on any atom is 0.130 e. The van der Waals surface area contributed by atoms with Gasteiger partial charge in [0.15, 0.2) is 0 Å². The summed E-state index contributed by atoms with van der Waals surface area (Å²) in [7, 11) is 0. The van der Waals surface area contributed by atoms with Crippen molar-refractivity contribution in [2.24, 2.45) is 0 Å². The minimum atomic E-state index is 0.251. The van der Waals surface area contributed by atoms with E-state index in [1.165, 1.54) is 0 Å². The fourth-order valence-corrected chi connectivity index (χ4v) is 2.68. The number of epoxide rings is 2. The molecule has 2 aliphatic rings. The van der Waals surface area contributed by atoms with Crippen molar-refractivity contribution < 1.29 is 18.9 Å². The quantitative estimate of drug-likeness (QED) is 0.769. The lowest BCUT2D eigenvalue weighted by atomic mass is 9.99. The van der Waals surface area contributed by atoms with Crippen molar-refractivity contribution in [1.29, 1.82) is 0 Å². The van der Waals surface area contributed by atoms with Crippen LogP contribution in [0.15, 0.2) is 24.3 Å². The predicted molar refractivity (Wildman–Crippen MR) is 83.9 cm³/mol. The highest BCUT2D eigenvalue weighted by molar-refractivity contribution is 5.95. The Morgan fingerprint density at radius 3 is 1.64 bits per heavy atom. The molecule has 0 aromatic heterocycles. The van der Waals surface area contributed by atoms with Gasteiger partial charge in [0.25, 0.3) is 0 Å². The number of benzene rings is 2. The Morgan fingerprint density at radius 1 is 0.864 bits per heavy atom. The summed E-state index contributed by atoms with van der Waals surface area (Å²) >= 11 is 0. The van der Waals surface area contributed by atoms with Crippen LogP contribution in [-0.2, 0) is 9.47 Å². The zero-order valence-corrected chi connectivity index (χ0v) is 12.9. The predicted octanol–water partition coefficient (Wildman–Crippen LogP) is 3.01. The van der Waals surface area contributed by atoms with E-state index >= 15 is 0 Å². The summed E-state index contributed by atoms with van der Waals surface area (Å²) in [4.78, 5) is 0. The van der Waals surface area contributed by atoms with Gasteiger partial charge >= 0.3 is 0 Å². The van der Waals surface area contributed by atoms with Crippen LogP contribution in [0.3, 0.4) is 0 Å². The van der Waals surface area contributed by atoms with Gasteiger partial charge in [-0.2, -0.15) is 0 Å². The highest BCUT2D eigenvalue weighted by Crippen LogP contribution is 2.40. The highest BCUT2D eigenvalue weighted by Gasteiger charge is 2.26. The van der Waals surface area contributed by atoms with Crippen LogP contribution in [0.25, 0.3) is 10.8 Å². The summed E-state index contributed by atoms with van der Waals surface area (Å²) in [5.41, 5.74) is 2.26. The SMILES string of the molecule is Cc1c(C)c(OCC2CO2)c2ccccc2c1OCC1CO1. The van der Waals surface area contributed by atoms with Gasteiger partial charge in [-0.1, -0.05) is 24.3 Å². The first-order valence-corrected chi connectivity index (χ1v) is 7.74. The van der Waals surface area contributed by atoms with Crippen LogP contribution < -0.4 is 9.47 Å². The molecule has 2 aromatic carbocycles. The topological polar surface area (TPSA) is 43.5 Å². The highest BCUT2D eigenvalue weighted by atomic mass is 16.6. The summed E-state index contributed by atoms with van der Waals surface area (Å²) < 4.78 is 22.6. The average Bonchev–Trinajstić information content (AvgIpc) is 3.42. The van der Waals surface area contributed by atoms with E-state index in [1.54, 1.807) is 0 Å². The third-order valence-corrected chi connectivity index (χ3v) is 4.29. The zero-order valence-electron chi connectivity index (χ0n) is 12.9. The molecule has 0 N–H and O–H groups in total. The Labute approximate surface area is 129 Å². The van der Waals surface area contributed by atoms with Gasteiger partial charge in [0.1, 0.15) is 36.9 Å². The van der Waals surface area contributed by atoms with E-state index in [9.17, 15) is 0 Å². The lowest BCUT2D eigenvalue weighted by molar-refractivity contribution is 0.259. The lowest BCUT2D eigenvalue weighted by Gasteiger charge is -2.19. The van der Waals surface area contributed by atoms with Gasteiger partial charge in [-0.15, -0.1) is 0 Å². The maximum atomic E-state index is 6.04. The number of ether oxygens (including phenoxy) is 4. The van der Waals surface area contributed by atoms with Crippen LogP contribution >= 0.6 is 0 Å². The monoisotopic (exact) mass is 300 g/mol. The number of fused-ring (bicyclic) bond motifs is 1. The fourth-order valence-electron chi connectivity index (χ4n) is 2.68. The third-order valence-electron chi connectivity index (χ3n) is 4.29. The molecule has 0 aliphatic carbocycles. The van der Waals surface area contributed by atoms with Gasteiger partial charge in [0.05, 0.1) is 13.2 Å². The van der Waals surface area contributed by atoms with Crippen molar-refractivity contribution in [3.05, 3.63) is 35.4 Å². The van der Waals surface area contributed by atoms with Crippen molar-refractivity contribution in [2.45, 2.75) is 26.1 Å². The molecule has 2 heterocycles. The molecule has 4 rings (SSSR count). The molecule has 2 fully saturated rings. The first kappa shape index (κ1) is 13.9. The third kappa shape index (κ3) is 2.64. The van der Waals surface area contributed by atoms with Gasteiger partial charge < -0.3 is 18.9 Å². The first-order valence-electron chi connectivity index (χ1n) is 7.74. The van der Waals surface area contributed by atoms with E-state index in [2.05, 4.69) is 26.0 Å². The molecule has 116 valence electrons. The molecule has 2 atom stereocenters. The van der Waals surface area contributed by atoms with Crippen molar-refractivity contribution in [2.75, 3.05) is 26.4 Å². The van der Waals surface area contributed by atoms with Crippen molar-refractivity contribution in [3.8, 4) is 11.5 Å². The summed E-state index contributed by atoms with van der Waals surface area (Å²) in [6, 6.07) is 8.24. The Morgan fingerprint density at radius 2 is 1.27 bits per heavy atom.